The Kier molecular flexibility index (Phi) is 2.09. The number of aryl methyl sites for hydroxylation is 1. The first-order valence-electron chi connectivity index (χ1n) is 4.31. The highest BCUT2D eigenvalue weighted by atomic mass is 79.9. The van der Waals surface area contributed by atoms with Crippen molar-refractivity contribution in [3.63, 3.8) is 0 Å². The van der Waals surface area contributed by atoms with Gasteiger partial charge in [0.05, 0.1) is 0 Å². The van der Waals surface area contributed by atoms with Crippen molar-refractivity contribution in [3.8, 4) is 0 Å². The third-order valence-electron chi connectivity index (χ3n) is 2.41. The third kappa shape index (κ3) is 1.24. The summed E-state index contributed by atoms with van der Waals surface area (Å²) in [6, 6.07) is 4.35. The molecule has 0 spiro atoms. The molecular formula is C10H12BrN. The number of fused-ring (bicyclic) bond motifs is 1. The van der Waals surface area contributed by atoms with Crippen LogP contribution in [0.15, 0.2) is 16.6 Å². The van der Waals surface area contributed by atoms with Crippen LogP contribution in [0.2, 0.25) is 0 Å². The number of halogens is 1. The van der Waals surface area contributed by atoms with Crippen molar-refractivity contribution in [1.82, 2.24) is 0 Å². The number of rotatable bonds is 0. The van der Waals surface area contributed by atoms with Gasteiger partial charge in [0.25, 0.3) is 0 Å². The largest absolute Gasteiger partial charge is 0.385 e. The van der Waals surface area contributed by atoms with E-state index in [4.69, 9.17) is 0 Å². The van der Waals surface area contributed by atoms with Crippen molar-refractivity contribution >= 4 is 21.6 Å². The van der Waals surface area contributed by atoms with E-state index in [-0.39, 0.29) is 0 Å². The van der Waals surface area contributed by atoms with Gasteiger partial charge >= 0.3 is 0 Å². The quantitative estimate of drug-likeness (QED) is 0.716. The normalized spacial score (nSPS) is 15.2. The zero-order valence-electron chi connectivity index (χ0n) is 7.15. The first-order valence-corrected chi connectivity index (χ1v) is 5.10. The molecule has 2 heteroatoms. The average Bonchev–Trinajstić information content (AvgIpc) is 2.12. The molecule has 0 atom stereocenters. The molecule has 0 bridgehead atoms. The standard InChI is InChI=1S/C10H12BrN/c1-7-9(11)5-4-8-3-2-6-12-10(7)8/h4-5,12H,2-3,6H2,1H3. The molecule has 12 heavy (non-hydrogen) atoms. The smallest absolute Gasteiger partial charge is 0.0413 e. The van der Waals surface area contributed by atoms with Gasteiger partial charge in [-0.15, -0.1) is 0 Å². The molecular weight excluding hydrogens is 214 g/mol. The summed E-state index contributed by atoms with van der Waals surface area (Å²) >= 11 is 3.53. The van der Waals surface area contributed by atoms with Gasteiger partial charge < -0.3 is 5.32 Å². The van der Waals surface area contributed by atoms with Crippen LogP contribution in [0.1, 0.15) is 17.5 Å². The van der Waals surface area contributed by atoms with Gasteiger partial charge in [-0.3, -0.25) is 0 Å². The molecule has 1 heterocycles. The number of hydrogen-bond donors (Lipinski definition) is 1. The lowest BCUT2D eigenvalue weighted by molar-refractivity contribution is 0.827. The predicted molar refractivity (Wildman–Crippen MR) is 55.7 cm³/mol. The lowest BCUT2D eigenvalue weighted by Gasteiger charge is -2.20. The van der Waals surface area contributed by atoms with Gasteiger partial charge in [-0.25, -0.2) is 0 Å². The molecule has 0 radical (unpaired) electrons. The molecule has 1 aromatic carbocycles. The van der Waals surface area contributed by atoms with Crippen LogP contribution < -0.4 is 5.32 Å². The molecule has 0 saturated heterocycles. The first kappa shape index (κ1) is 8.11. The fourth-order valence-corrected chi connectivity index (χ4v) is 2.02. The van der Waals surface area contributed by atoms with Crippen LogP contribution in [0.5, 0.6) is 0 Å². The van der Waals surface area contributed by atoms with Crippen LogP contribution in [0.25, 0.3) is 0 Å². The van der Waals surface area contributed by atoms with E-state index in [0.717, 1.165) is 6.54 Å². The minimum absolute atomic E-state index is 1.12. The van der Waals surface area contributed by atoms with Gasteiger partial charge in [0.2, 0.25) is 0 Å². The number of anilines is 1. The van der Waals surface area contributed by atoms with E-state index in [1.54, 1.807) is 0 Å². The summed E-state index contributed by atoms with van der Waals surface area (Å²) in [5.41, 5.74) is 4.14. The molecule has 0 unspecified atom stereocenters. The lowest BCUT2D eigenvalue weighted by atomic mass is 10.0. The molecule has 0 aromatic heterocycles. The van der Waals surface area contributed by atoms with E-state index in [0.29, 0.717) is 0 Å². The Labute approximate surface area is 81.3 Å². The van der Waals surface area contributed by atoms with E-state index in [1.165, 1.54) is 34.1 Å². The molecule has 1 nitrogen and oxygen atoms in total. The SMILES string of the molecule is Cc1c(Br)ccc2c1NCCC2. The van der Waals surface area contributed by atoms with E-state index < -0.39 is 0 Å². The minimum Gasteiger partial charge on any atom is -0.385 e. The van der Waals surface area contributed by atoms with E-state index in [2.05, 4.69) is 40.3 Å². The van der Waals surface area contributed by atoms with Crippen LogP contribution in [0.3, 0.4) is 0 Å². The highest BCUT2D eigenvalue weighted by Crippen LogP contribution is 2.30. The number of benzene rings is 1. The topological polar surface area (TPSA) is 12.0 Å². The number of hydrogen-bond acceptors (Lipinski definition) is 1. The molecule has 0 amide bonds. The van der Waals surface area contributed by atoms with Crippen molar-refractivity contribution in [3.05, 3.63) is 27.7 Å². The second-order valence-corrected chi connectivity index (χ2v) is 4.09. The Morgan fingerprint density at radius 3 is 3.08 bits per heavy atom. The first-order chi connectivity index (χ1) is 5.79. The highest BCUT2D eigenvalue weighted by molar-refractivity contribution is 9.10. The van der Waals surface area contributed by atoms with Gasteiger partial charge in [-0.05, 0) is 37.0 Å². The molecule has 0 aliphatic carbocycles. The van der Waals surface area contributed by atoms with Crippen molar-refractivity contribution in [2.75, 3.05) is 11.9 Å². The Morgan fingerprint density at radius 2 is 2.25 bits per heavy atom. The summed E-state index contributed by atoms with van der Waals surface area (Å²) in [4.78, 5) is 0. The summed E-state index contributed by atoms with van der Waals surface area (Å²) in [5.74, 6) is 0. The van der Waals surface area contributed by atoms with E-state index in [9.17, 15) is 0 Å². The molecule has 1 aliphatic heterocycles. The fraction of sp³-hybridized carbons (Fsp3) is 0.400. The van der Waals surface area contributed by atoms with Crippen LogP contribution in [-0.2, 0) is 6.42 Å². The molecule has 1 N–H and O–H groups in total. The summed E-state index contributed by atoms with van der Waals surface area (Å²) in [6.07, 6.45) is 2.48. The Balaban J connectivity index is 2.54. The molecule has 2 rings (SSSR count). The Hall–Kier alpha value is -0.500. The fourth-order valence-electron chi connectivity index (χ4n) is 1.69. The maximum absolute atomic E-state index is 3.53. The van der Waals surface area contributed by atoms with Gasteiger partial charge in [-0.2, -0.15) is 0 Å². The van der Waals surface area contributed by atoms with Crippen LogP contribution in [-0.4, -0.2) is 6.54 Å². The summed E-state index contributed by atoms with van der Waals surface area (Å²) < 4.78 is 1.20. The van der Waals surface area contributed by atoms with Crippen molar-refractivity contribution in [2.45, 2.75) is 19.8 Å². The summed E-state index contributed by atoms with van der Waals surface area (Å²) in [5, 5.41) is 3.44. The molecule has 64 valence electrons. The Morgan fingerprint density at radius 1 is 1.42 bits per heavy atom. The van der Waals surface area contributed by atoms with Gasteiger partial charge in [0.15, 0.2) is 0 Å². The molecule has 0 fully saturated rings. The summed E-state index contributed by atoms with van der Waals surface area (Å²) in [6.45, 7) is 3.27. The highest BCUT2D eigenvalue weighted by Gasteiger charge is 2.11. The third-order valence-corrected chi connectivity index (χ3v) is 3.27. The predicted octanol–water partition coefficient (Wildman–Crippen LogP) is 3.12. The second kappa shape index (κ2) is 3.09. The lowest BCUT2D eigenvalue weighted by Crippen LogP contribution is -2.12. The maximum atomic E-state index is 3.53. The van der Waals surface area contributed by atoms with Crippen LogP contribution in [0.4, 0.5) is 5.69 Å². The molecule has 1 aromatic rings. The zero-order chi connectivity index (χ0) is 8.55. The van der Waals surface area contributed by atoms with Crippen LogP contribution >= 0.6 is 15.9 Å². The maximum Gasteiger partial charge on any atom is 0.0413 e. The second-order valence-electron chi connectivity index (χ2n) is 3.24. The monoisotopic (exact) mass is 225 g/mol. The Bertz CT molecular complexity index is 307. The minimum atomic E-state index is 1.12. The number of nitrogens with one attached hydrogen (secondary N) is 1. The van der Waals surface area contributed by atoms with Gasteiger partial charge in [-0.1, -0.05) is 22.0 Å². The van der Waals surface area contributed by atoms with Gasteiger partial charge in [0.1, 0.15) is 0 Å². The van der Waals surface area contributed by atoms with Crippen molar-refractivity contribution in [1.29, 1.82) is 0 Å². The van der Waals surface area contributed by atoms with Gasteiger partial charge in [0, 0.05) is 16.7 Å². The van der Waals surface area contributed by atoms with E-state index >= 15 is 0 Å². The van der Waals surface area contributed by atoms with Crippen LogP contribution in [0, 0.1) is 6.92 Å². The summed E-state index contributed by atoms with van der Waals surface area (Å²) in [7, 11) is 0. The molecule has 1 aliphatic rings. The zero-order valence-corrected chi connectivity index (χ0v) is 8.74. The van der Waals surface area contributed by atoms with E-state index in [1.807, 2.05) is 0 Å². The van der Waals surface area contributed by atoms with Crippen molar-refractivity contribution in [2.24, 2.45) is 0 Å². The molecule has 0 saturated carbocycles. The average molecular weight is 226 g/mol. The van der Waals surface area contributed by atoms with Crippen molar-refractivity contribution < 1.29 is 0 Å².